The fraction of sp³-hybridized carbons (Fsp3) is 0.571. The maximum absolute atomic E-state index is 13.4. The Kier molecular flexibility index (Phi) is 5.66. The first kappa shape index (κ1) is 15.0. The molecule has 1 atom stereocenters. The van der Waals surface area contributed by atoms with Crippen molar-refractivity contribution in [3.63, 3.8) is 0 Å². The van der Waals surface area contributed by atoms with Crippen LogP contribution in [-0.2, 0) is 6.42 Å². The van der Waals surface area contributed by atoms with Crippen LogP contribution in [0.4, 0.5) is 13.2 Å². The van der Waals surface area contributed by atoms with Gasteiger partial charge in [-0.3, -0.25) is 0 Å². The second-order valence-electron chi connectivity index (χ2n) is 5.20. The van der Waals surface area contributed by atoms with E-state index in [9.17, 15) is 13.2 Å². The lowest BCUT2D eigenvalue weighted by Crippen LogP contribution is -2.26. The molecular weight excluding hydrogens is 239 g/mol. The van der Waals surface area contributed by atoms with Gasteiger partial charge in [-0.05, 0) is 43.0 Å². The molecule has 1 rings (SSSR count). The van der Waals surface area contributed by atoms with E-state index in [4.69, 9.17) is 0 Å². The highest BCUT2D eigenvalue weighted by Gasteiger charge is 2.15. The van der Waals surface area contributed by atoms with E-state index in [1.807, 2.05) is 6.92 Å². The van der Waals surface area contributed by atoms with Crippen molar-refractivity contribution in [2.24, 2.45) is 11.8 Å². The molecule has 1 aromatic carbocycles. The molecule has 102 valence electrons. The largest absolute Gasteiger partial charge is 0.316 e. The van der Waals surface area contributed by atoms with E-state index >= 15 is 0 Å². The Morgan fingerprint density at radius 3 is 2.28 bits per heavy atom. The molecular formula is C14H20F3N. The zero-order valence-corrected chi connectivity index (χ0v) is 11.1. The number of benzene rings is 1. The Hall–Kier alpha value is -1.03. The Morgan fingerprint density at radius 1 is 1.00 bits per heavy atom. The van der Waals surface area contributed by atoms with Crippen molar-refractivity contribution in [2.45, 2.75) is 27.2 Å². The molecule has 1 aromatic rings. The average Bonchev–Trinajstić information content (AvgIpc) is 2.29. The van der Waals surface area contributed by atoms with E-state index in [2.05, 4.69) is 19.2 Å². The summed E-state index contributed by atoms with van der Waals surface area (Å²) in [4.78, 5) is 0. The van der Waals surface area contributed by atoms with E-state index in [1.165, 1.54) is 6.07 Å². The highest BCUT2D eigenvalue weighted by Crippen LogP contribution is 2.18. The molecule has 0 fully saturated rings. The molecule has 0 aliphatic carbocycles. The van der Waals surface area contributed by atoms with Crippen LogP contribution in [0.1, 0.15) is 26.3 Å². The van der Waals surface area contributed by atoms with Gasteiger partial charge in [-0.2, -0.15) is 0 Å². The molecule has 1 N–H and O–H groups in total. The van der Waals surface area contributed by atoms with E-state index in [0.29, 0.717) is 12.3 Å². The van der Waals surface area contributed by atoms with Crippen molar-refractivity contribution < 1.29 is 13.2 Å². The molecule has 0 saturated heterocycles. The van der Waals surface area contributed by atoms with E-state index in [-0.39, 0.29) is 11.5 Å². The van der Waals surface area contributed by atoms with Gasteiger partial charge in [-0.25, -0.2) is 13.2 Å². The van der Waals surface area contributed by atoms with Crippen molar-refractivity contribution >= 4 is 0 Å². The highest BCUT2D eigenvalue weighted by atomic mass is 19.2. The molecule has 0 heterocycles. The number of nitrogens with one attached hydrogen (secondary N) is 1. The summed E-state index contributed by atoms with van der Waals surface area (Å²) in [5, 5.41) is 3.26. The van der Waals surface area contributed by atoms with Gasteiger partial charge in [0.2, 0.25) is 0 Å². The average molecular weight is 259 g/mol. The first-order valence-electron chi connectivity index (χ1n) is 6.25. The fourth-order valence-corrected chi connectivity index (χ4v) is 1.79. The Bertz CT molecular complexity index is 391. The van der Waals surface area contributed by atoms with Crippen LogP contribution >= 0.6 is 0 Å². The van der Waals surface area contributed by atoms with Gasteiger partial charge < -0.3 is 5.32 Å². The predicted molar refractivity (Wildman–Crippen MR) is 66.9 cm³/mol. The van der Waals surface area contributed by atoms with Gasteiger partial charge in [0.1, 0.15) is 0 Å². The molecule has 0 spiro atoms. The van der Waals surface area contributed by atoms with Gasteiger partial charge in [-0.15, -0.1) is 0 Å². The molecule has 0 radical (unpaired) electrons. The second kappa shape index (κ2) is 6.78. The van der Waals surface area contributed by atoms with Crippen LogP contribution in [0.25, 0.3) is 0 Å². The minimum Gasteiger partial charge on any atom is -0.316 e. The Morgan fingerprint density at radius 2 is 1.67 bits per heavy atom. The second-order valence-corrected chi connectivity index (χ2v) is 5.20. The SMILES string of the molecule is CC(C)CNCC(C)Cc1ccc(F)c(F)c1F. The minimum atomic E-state index is -1.38. The summed E-state index contributed by atoms with van der Waals surface area (Å²) in [5.41, 5.74) is 0.229. The number of hydrogen-bond acceptors (Lipinski definition) is 1. The van der Waals surface area contributed by atoms with E-state index < -0.39 is 17.5 Å². The van der Waals surface area contributed by atoms with Crippen molar-refractivity contribution in [1.29, 1.82) is 0 Å². The van der Waals surface area contributed by atoms with E-state index in [0.717, 1.165) is 19.2 Å². The summed E-state index contributed by atoms with van der Waals surface area (Å²) in [7, 11) is 0. The third kappa shape index (κ3) is 4.33. The lowest BCUT2D eigenvalue weighted by molar-refractivity contribution is 0.427. The van der Waals surface area contributed by atoms with Crippen LogP contribution in [-0.4, -0.2) is 13.1 Å². The summed E-state index contributed by atoms with van der Waals surface area (Å²) in [6, 6.07) is 2.29. The summed E-state index contributed by atoms with van der Waals surface area (Å²) in [5.74, 6) is -2.86. The minimum absolute atomic E-state index is 0.170. The normalized spacial score (nSPS) is 13.1. The number of hydrogen-bond donors (Lipinski definition) is 1. The highest BCUT2D eigenvalue weighted by molar-refractivity contribution is 5.20. The third-order valence-corrected chi connectivity index (χ3v) is 2.73. The smallest absolute Gasteiger partial charge is 0.194 e. The summed E-state index contributed by atoms with van der Waals surface area (Å²) >= 11 is 0. The van der Waals surface area contributed by atoms with E-state index in [1.54, 1.807) is 0 Å². The lowest BCUT2D eigenvalue weighted by Gasteiger charge is -2.14. The summed E-state index contributed by atoms with van der Waals surface area (Å²) in [6.45, 7) is 7.79. The van der Waals surface area contributed by atoms with Gasteiger partial charge in [0.25, 0.3) is 0 Å². The first-order valence-corrected chi connectivity index (χ1v) is 6.25. The maximum atomic E-state index is 13.4. The number of halogens is 3. The zero-order valence-electron chi connectivity index (χ0n) is 11.1. The van der Waals surface area contributed by atoms with Crippen molar-refractivity contribution in [2.75, 3.05) is 13.1 Å². The molecule has 1 nitrogen and oxygen atoms in total. The van der Waals surface area contributed by atoms with Crippen LogP contribution < -0.4 is 5.32 Å². The molecule has 0 aliphatic heterocycles. The van der Waals surface area contributed by atoms with Crippen LogP contribution in [0.3, 0.4) is 0 Å². The van der Waals surface area contributed by atoms with Crippen LogP contribution in [0.5, 0.6) is 0 Å². The van der Waals surface area contributed by atoms with Crippen molar-refractivity contribution in [3.05, 3.63) is 35.1 Å². The Balaban J connectivity index is 2.54. The maximum Gasteiger partial charge on any atom is 0.194 e. The van der Waals surface area contributed by atoms with Crippen LogP contribution in [0.2, 0.25) is 0 Å². The van der Waals surface area contributed by atoms with Gasteiger partial charge in [-0.1, -0.05) is 26.8 Å². The van der Waals surface area contributed by atoms with Crippen molar-refractivity contribution in [3.8, 4) is 0 Å². The first-order chi connectivity index (χ1) is 8.41. The molecule has 0 amide bonds. The molecule has 0 saturated carbocycles. The Labute approximate surface area is 106 Å². The fourth-order valence-electron chi connectivity index (χ4n) is 1.79. The predicted octanol–water partition coefficient (Wildman–Crippen LogP) is 3.53. The topological polar surface area (TPSA) is 12.0 Å². The van der Waals surface area contributed by atoms with Crippen molar-refractivity contribution in [1.82, 2.24) is 5.32 Å². The number of rotatable bonds is 6. The van der Waals surface area contributed by atoms with Gasteiger partial charge in [0, 0.05) is 0 Å². The van der Waals surface area contributed by atoms with Gasteiger partial charge in [0.05, 0.1) is 0 Å². The summed E-state index contributed by atoms with van der Waals surface area (Å²) < 4.78 is 39.2. The molecule has 0 aliphatic rings. The van der Waals surface area contributed by atoms with Gasteiger partial charge in [0.15, 0.2) is 17.5 Å². The molecule has 1 unspecified atom stereocenters. The summed E-state index contributed by atoms with van der Waals surface area (Å²) in [6.07, 6.45) is 0.397. The molecule has 0 aromatic heterocycles. The molecule has 18 heavy (non-hydrogen) atoms. The van der Waals surface area contributed by atoms with Gasteiger partial charge >= 0.3 is 0 Å². The van der Waals surface area contributed by atoms with Crippen LogP contribution in [0.15, 0.2) is 12.1 Å². The molecule has 0 bridgehead atoms. The quantitative estimate of drug-likeness (QED) is 0.771. The van der Waals surface area contributed by atoms with Crippen LogP contribution in [0, 0.1) is 29.3 Å². The lowest BCUT2D eigenvalue weighted by atomic mass is 10.00. The molecule has 4 heteroatoms. The monoisotopic (exact) mass is 259 g/mol. The third-order valence-electron chi connectivity index (χ3n) is 2.73. The zero-order chi connectivity index (χ0) is 13.7. The standard InChI is InChI=1S/C14H20F3N/c1-9(2)7-18-8-10(3)6-11-4-5-12(15)14(17)13(11)16/h4-5,9-10,18H,6-8H2,1-3H3.